The van der Waals surface area contributed by atoms with Gasteiger partial charge in [0, 0.05) is 11.3 Å². The van der Waals surface area contributed by atoms with Crippen molar-refractivity contribution in [3.63, 3.8) is 0 Å². The Morgan fingerprint density at radius 2 is 2.24 bits per heavy atom. The molecule has 1 aromatic rings. The van der Waals surface area contributed by atoms with Gasteiger partial charge >= 0.3 is 6.18 Å². The molecule has 0 aliphatic heterocycles. The van der Waals surface area contributed by atoms with Gasteiger partial charge in [0.25, 0.3) is 0 Å². The second kappa shape index (κ2) is 5.94. The summed E-state index contributed by atoms with van der Waals surface area (Å²) in [6.07, 6.45) is -0.629. The van der Waals surface area contributed by atoms with Crippen molar-refractivity contribution in [3.05, 3.63) is 16.1 Å². The van der Waals surface area contributed by atoms with Gasteiger partial charge in [0.05, 0.1) is 6.54 Å². The van der Waals surface area contributed by atoms with Gasteiger partial charge in [-0.05, 0) is 24.7 Å². The van der Waals surface area contributed by atoms with Crippen LogP contribution in [-0.2, 0) is 17.5 Å². The molecule has 1 aliphatic carbocycles. The van der Waals surface area contributed by atoms with Crippen LogP contribution >= 0.6 is 11.3 Å². The SMILES string of the molecule is CC1(C)CCCC(C(=O)NCc2nc(C(F)(F)F)cs2)C1. The summed E-state index contributed by atoms with van der Waals surface area (Å²) < 4.78 is 37.3. The Balaban J connectivity index is 1.88. The smallest absolute Gasteiger partial charge is 0.349 e. The number of nitrogens with one attached hydrogen (secondary N) is 1. The van der Waals surface area contributed by atoms with E-state index in [1.807, 2.05) is 0 Å². The van der Waals surface area contributed by atoms with Gasteiger partial charge in [-0.1, -0.05) is 20.3 Å². The van der Waals surface area contributed by atoms with Crippen molar-refractivity contribution in [2.45, 2.75) is 52.3 Å². The van der Waals surface area contributed by atoms with E-state index >= 15 is 0 Å². The first kappa shape index (κ1) is 16.3. The number of carbonyl (C=O) groups is 1. The zero-order valence-electron chi connectivity index (χ0n) is 12.1. The minimum Gasteiger partial charge on any atom is -0.349 e. The van der Waals surface area contributed by atoms with Crippen LogP contribution in [0.2, 0.25) is 0 Å². The standard InChI is InChI=1S/C14H19F3N2OS/c1-13(2)5-3-4-9(6-13)12(20)18-7-11-19-10(8-21-11)14(15,16)17/h8-9H,3-7H2,1-2H3,(H,18,20). The van der Waals surface area contributed by atoms with Crippen molar-refractivity contribution in [3.8, 4) is 0 Å². The van der Waals surface area contributed by atoms with Crippen molar-refractivity contribution in [1.82, 2.24) is 10.3 Å². The number of rotatable bonds is 3. The summed E-state index contributed by atoms with van der Waals surface area (Å²) in [4.78, 5) is 15.6. The van der Waals surface area contributed by atoms with Gasteiger partial charge in [-0.15, -0.1) is 11.3 Å². The second-order valence-corrected chi connectivity index (χ2v) is 7.24. The molecule has 0 aromatic carbocycles. The Bertz CT molecular complexity index is 511. The molecule has 3 nitrogen and oxygen atoms in total. The van der Waals surface area contributed by atoms with E-state index in [4.69, 9.17) is 0 Å². The minimum atomic E-state index is -4.42. The topological polar surface area (TPSA) is 42.0 Å². The fraction of sp³-hybridized carbons (Fsp3) is 0.714. The number of carbonyl (C=O) groups excluding carboxylic acids is 1. The van der Waals surface area contributed by atoms with Gasteiger partial charge in [0.15, 0.2) is 5.69 Å². The molecule has 1 fully saturated rings. The molecule has 1 N–H and O–H groups in total. The lowest BCUT2D eigenvalue weighted by molar-refractivity contribution is -0.140. The average molecular weight is 320 g/mol. The number of amides is 1. The highest BCUT2D eigenvalue weighted by Crippen LogP contribution is 2.38. The summed E-state index contributed by atoms with van der Waals surface area (Å²) in [6.45, 7) is 4.35. The van der Waals surface area contributed by atoms with Crippen LogP contribution in [0, 0.1) is 11.3 Å². The normalized spacial score (nSPS) is 22.0. The van der Waals surface area contributed by atoms with Gasteiger partial charge < -0.3 is 5.32 Å². The van der Waals surface area contributed by atoms with Crippen molar-refractivity contribution in [2.24, 2.45) is 11.3 Å². The Kier molecular flexibility index (Phi) is 4.60. The summed E-state index contributed by atoms with van der Waals surface area (Å²) in [6, 6.07) is 0. The molecule has 1 amide bonds. The highest BCUT2D eigenvalue weighted by Gasteiger charge is 2.34. The number of nitrogens with zero attached hydrogens (tertiary/aromatic N) is 1. The van der Waals surface area contributed by atoms with Gasteiger partial charge in [-0.3, -0.25) is 4.79 Å². The third kappa shape index (κ3) is 4.43. The van der Waals surface area contributed by atoms with Crippen LogP contribution in [0.15, 0.2) is 5.38 Å². The lowest BCUT2D eigenvalue weighted by atomic mass is 9.72. The van der Waals surface area contributed by atoms with Crippen molar-refractivity contribution in [2.75, 3.05) is 0 Å². The highest BCUT2D eigenvalue weighted by molar-refractivity contribution is 7.09. The molecule has 2 rings (SSSR count). The molecular weight excluding hydrogens is 301 g/mol. The molecule has 21 heavy (non-hydrogen) atoms. The molecule has 0 saturated heterocycles. The molecule has 0 radical (unpaired) electrons. The molecule has 1 aliphatic rings. The van der Waals surface area contributed by atoms with Crippen LogP contribution in [0.3, 0.4) is 0 Å². The summed E-state index contributed by atoms with van der Waals surface area (Å²) in [5.74, 6) is -0.123. The minimum absolute atomic E-state index is 0.0456. The van der Waals surface area contributed by atoms with E-state index in [1.54, 1.807) is 0 Å². The van der Waals surface area contributed by atoms with Gasteiger partial charge in [0.1, 0.15) is 5.01 Å². The lowest BCUT2D eigenvalue weighted by Crippen LogP contribution is -2.35. The fourth-order valence-electron chi connectivity index (χ4n) is 2.75. The van der Waals surface area contributed by atoms with E-state index in [0.717, 1.165) is 42.4 Å². The Hall–Kier alpha value is -1.11. The molecule has 118 valence electrons. The first-order chi connectivity index (χ1) is 9.67. The van der Waals surface area contributed by atoms with E-state index in [1.165, 1.54) is 0 Å². The Morgan fingerprint density at radius 3 is 2.81 bits per heavy atom. The molecule has 1 saturated carbocycles. The number of aromatic nitrogens is 1. The van der Waals surface area contributed by atoms with Crippen LogP contribution in [0.1, 0.15) is 50.2 Å². The third-order valence-corrected chi connectivity index (χ3v) is 4.68. The molecule has 7 heteroatoms. The van der Waals surface area contributed by atoms with Crippen LogP contribution < -0.4 is 5.32 Å². The molecule has 1 atom stereocenters. The van der Waals surface area contributed by atoms with E-state index in [9.17, 15) is 18.0 Å². The van der Waals surface area contributed by atoms with E-state index in [2.05, 4.69) is 24.1 Å². The molecule has 1 aromatic heterocycles. The fourth-order valence-corrected chi connectivity index (χ4v) is 3.49. The number of hydrogen-bond donors (Lipinski definition) is 1. The van der Waals surface area contributed by atoms with Gasteiger partial charge in [-0.2, -0.15) is 13.2 Å². The molecule has 0 spiro atoms. The lowest BCUT2D eigenvalue weighted by Gasteiger charge is -2.34. The van der Waals surface area contributed by atoms with Crippen LogP contribution in [-0.4, -0.2) is 10.9 Å². The molecule has 1 unspecified atom stereocenters. The first-order valence-electron chi connectivity index (χ1n) is 6.97. The number of halogens is 3. The largest absolute Gasteiger partial charge is 0.434 e. The Labute approximate surface area is 126 Å². The van der Waals surface area contributed by atoms with E-state index in [0.29, 0.717) is 0 Å². The van der Waals surface area contributed by atoms with Crippen LogP contribution in [0.5, 0.6) is 0 Å². The molecule has 1 heterocycles. The Morgan fingerprint density at radius 1 is 1.52 bits per heavy atom. The summed E-state index contributed by atoms with van der Waals surface area (Å²) in [7, 11) is 0. The average Bonchev–Trinajstić information content (AvgIpc) is 2.83. The van der Waals surface area contributed by atoms with Crippen molar-refractivity contribution < 1.29 is 18.0 Å². The maximum Gasteiger partial charge on any atom is 0.434 e. The molecular formula is C14H19F3N2OS. The zero-order chi connectivity index (χ0) is 15.7. The predicted octanol–water partition coefficient (Wildman–Crippen LogP) is 3.99. The first-order valence-corrected chi connectivity index (χ1v) is 7.85. The summed E-state index contributed by atoms with van der Waals surface area (Å²) >= 11 is 0.919. The second-order valence-electron chi connectivity index (χ2n) is 6.30. The maximum absolute atomic E-state index is 12.4. The highest BCUT2D eigenvalue weighted by atomic mass is 32.1. The number of hydrogen-bond acceptors (Lipinski definition) is 3. The van der Waals surface area contributed by atoms with Gasteiger partial charge in [0.2, 0.25) is 5.91 Å². The predicted molar refractivity (Wildman–Crippen MR) is 74.7 cm³/mol. The number of alkyl halides is 3. The summed E-state index contributed by atoms with van der Waals surface area (Å²) in [5, 5.41) is 3.97. The van der Waals surface area contributed by atoms with Crippen molar-refractivity contribution in [1.29, 1.82) is 0 Å². The molecule has 0 bridgehead atoms. The monoisotopic (exact) mass is 320 g/mol. The van der Waals surface area contributed by atoms with E-state index in [-0.39, 0.29) is 28.8 Å². The van der Waals surface area contributed by atoms with Gasteiger partial charge in [-0.25, -0.2) is 4.98 Å². The van der Waals surface area contributed by atoms with Crippen LogP contribution in [0.25, 0.3) is 0 Å². The summed E-state index contributed by atoms with van der Waals surface area (Å²) in [5.41, 5.74) is -0.735. The van der Waals surface area contributed by atoms with Crippen LogP contribution in [0.4, 0.5) is 13.2 Å². The maximum atomic E-state index is 12.4. The third-order valence-electron chi connectivity index (χ3n) is 3.83. The number of thiazole rings is 1. The quantitative estimate of drug-likeness (QED) is 0.915. The van der Waals surface area contributed by atoms with Crippen molar-refractivity contribution >= 4 is 17.2 Å². The van der Waals surface area contributed by atoms with E-state index < -0.39 is 11.9 Å². The zero-order valence-corrected chi connectivity index (χ0v) is 12.9.